The van der Waals surface area contributed by atoms with Crippen LogP contribution in [0.2, 0.25) is 5.02 Å². The fraction of sp³-hybridized carbons (Fsp3) is 0.235. The summed E-state index contributed by atoms with van der Waals surface area (Å²) in [7, 11) is 1.91. The summed E-state index contributed by atoms with van der Waals surface area (Å²) < 4.78 is 4.46. The van der Waals surface area contributed by atoms with Crippen LogP contribution in [-0.4, -0.2) is 24.7 Å². The summed E-state index contributed by atoms with van der Waals surface area (Å²) in [5.41, 5.74) is 3.03. The summed E-state index contributed by atoms with van der Waals surface area (Å²) >= 11 is 15.1. The highest BCUT2D eigenvalue weighted by Gasteiger charge is 2.10. The molecule has 0 bridgehead atoms. The van der Waals surface area contributed by atoms with Gasteiger partial charge in [0.25, 0.3) is 0 Å². The van der Waals surface area contributed by atoms with Gasteiger partial charge in [0.15, 0.2) is 10.9 Å². The first-order valence-electron chi connectivity index (χ1n) is 7.93. The van der Waals surface area contributed by atoms with E-state index in [1.54, 1.807) is 4.68 Å². The average molecular weight is 454 g/mol. The smallest absolute Gasteiger partial charge is 0.172 e. The number of hydrogen-bond donors (Lipinski definition) is 2. The second-order valence-electron chi connectivity index (χ2n) is 5.82. The molecule has 0 radical (unpaired) electrons. The quantitative estimate of drug-likeness (QED) is 0.574. The molecule has 2 heterocycles. The van der Waals surface area contributed by atoms with Gasteiger partial charge in [-0.3, -0.25) is 9.36 Å². The molecule has 3 aromatic rings. The number of benzene rings is 1. The van der Waals surface area contributed by atoms with Crippen molar-refractivity contribution in [1.29, 1.82) is 0 Å². The second-order valence-corrected chi connectivity index (χ2v) is 7.49. The van der Waals surface area contributed by atoms with E-state index in [1.165, 1.54) is 0 Å². The SMILES string of the molecule is Cc1cc(CNC(=S)Nc2nn(Cc3ccccc3Cl)cc2Br)nn1C. The molecule has 0 atom stereocenters. The number of anilines is 1. The lowest BCUT2D eigenvalue weighted by molar-refractivity contribution is 0.689. The van der Waals surface area contributed by atoms with Gasteiger partial charge >= 0.3 is 0 Å². The maximum absolute atomic E-state index is 6.21. The van der Waals surface area contributed by atoms with Gasteiger partial charge in [-0.05, 0) is 52.8 Å². The predicted molar refractivity (Wildman–Crippen MR) is 111 cm³/mol. The van der Waals surface area contributed by atoms with Crippen molar-refractivity contribution in [3.05, 3.63) is 63.0 Å². The van der Waals surface area contributed by atoms with Gasteiger partial charge in [-0.25, -0.2) is 0 Å². The van der Waals surface area contributed by atoms with Crippen molar-refractivity contribution in [2.75, 3.05) is 5.32 Å². The summed E-state index contributed by atoms with van der Waals surface area (Å²) in [6, 6.07) is 9.73. The normalized spacial score (nSPS) is 10.8. The number of halogens is 2. The molecule has 0 amide bonds. The van der Waals surface area contributed by atoms with Gasteiger partial charge < -0.3 is 10.6 Å². The van der Waals surface area contributed by atoms with Gasteiger partial charge in [0.05, 0.1) is 23.3 Å². The topological polar surface area (TPSA) is 59.7 Å². The first kappa shape index (κ1) is 18.9. The van der Waals surface area contributed by atoms with E-state index in [9.17, 15) is 0 Å². The Labute approximate surface area is 170 Å². The molecule has 0 spiro atoms. The van der Waals surface area contributed by atoms with Crippen LogP contribution >= 0.6 is 39.7 Å². The highest BCUT2D eigenvalue weighted by Crippen LogP contribution is 2.22. The van der Waals surface area contributed by atoms with E-state index in [4.69, 9.17) is 23.8 Å². The largest absolute Gasteiger partial charge is 0.357 e. The summed E-state index contributed by atoms with van der Waals surface area (Å²) in [5.74, 6) is 0.645. The van der Waals surface area contributed by atoms with Gasteiger partial charge in [0.1, 0.15) is 0 Å². The molecular weight excluding hydrogens is 436 g/mol. The molecule has 6 nitrogen and oxygen atoms in total. The van der Waals surface area contributed by atoms with Crippen molar-refractivity contribution < 1.29 is 0 Å². The van der Waals surface area contributed by atoms with Crippen molar-refractivity contribution in [3.63, 3.8) is 0 Å². The number of thiocarbonyl (C=S) groups is 1. The van der Waals surface area contributed by atoms with Crippen LogP contribution in [-0.2, 0) is 20.1 Å². The molecule has 0 aliphatic carbocycles. The summed E-state index contributed by atoms with van der Waals surface area (Å²) in [5, 5.41) is 16.3. The first-order chi connectivity index (χ1) is 12.4. The maximum Gasteiger partial charge on any atom is 0.172 e. The third-order valence-electron chi connectivity index (χ3n) is 3.83. The summed E-state index contributed by atoms with van der Waals surface area (Å²) in [6.45, 7) is 3.13. The summed E-state index contributed by atoms with van der Waals surface area (Å²) in [6.07, 6.45) is 1.89. The van der Waals surface area contributed by atoms with Gasteiger partial charge in [-0.2, -0.15) is 10.2 Å². The Bertz CT molecular complexity index is 916. The lowest BCUT2D eigenvalue weighted by atomic mass is 10.2. The summed E-state index contributed by atoms with van der Waals surface area (Å²) in [4.78, 5) is 0. The van der Waals surface area contributed by atoms with Crippen LogP contribution in [0.3, 0.4) is 0 Å². The number of aryl methyl sites for hydroxylation is 2. The molecule has 26 heavy (non-hydrogen) atoms. The van der Waals surface area contributed by atoms with E-state index in [2.05, 4.69) is 36.8 Å². The highest BCUT2D eigenvalue weighted by atomic mass is 79.9. The zero-order valence-corrected chi connectivity index (χ0v) is 17.5. The molecule has 0 saturated heterocycles. The van der Waals surface area contributed by atoms with E-state index in [0.29, 0.717) is 24.0 Å². The van der Waals surface area contributed by atoms with E-state index in [0.717, 1.165) is 26.4 Å². The van der Waals surface area contributed by atoms with Gasteiger partial charge in [0.2, 0.25) is 0 Å². The van der Waals surface area contributed by atoms with Gasteiger partial charge in [-0.15, -0.1) is 0 Å². The van der Waals surface area contributed by atoms with E-state index >= 15 is 0 Å². The van der Waals surface area contributed by atoms with E-state index in [-0.39, 0.29) is 0 Å². The monoisotopic (exact) mass is 452 g/mol. The number of nitrogens with zero attached hydrogens (tertiary/aromatic N) is 4. The third kappa shape index (κ3) is 4.63. The molecule has 0 saturated carbocycles. The highest BCUT2D eigenvalue weighted by molar-refractivity contribution is 9.10. The minimum Gasteiger partial charge on any atom is -0.357 e. The van der Waals surface area contributed by atoms with Crippen molar-refractivity contribution in [1.82, 2.24) is 24.9 Å². The van der Waals surface area contributed by atoms with Crippen LogP contribution in [0.15, 0.2) is 41.0 Å². The molecule has 136 valence electrons. The van der Waals surface area contributed by atoms with Crippen LogP contribution in [0.25, 0.3) is 0 Å². The Morgan fingerprint density at radius 3 is 2.77 bits per heavy atom. The zero-order chi connectivity index (χ0) is 18.7. The average Bonchev–Trinajstić information content (AvgIpc) is 3.10. The van der Waals surface area contributed by atoms with Crippen LogP contribution < -0.4 is 10.6 Å². The Morgan fingerprint density at radius 2 is 2.08 bits per heavy atom. The second kappa shape index (κ2) is 8.20. The standard InChI is InChI=1S/C17H18BrClN6S/c1-11-7-13(22-24(11)2)8-20-17(26)21-16-14(18)10-25(23-16)9-12-5-3-4-6-15(12)19/h3-7,10H,8-9H2,1-2H3,(H2,20,21,23,26). The molecule has 0 aliphatic rings. The Morgan fingerprint density at radius 1 is 1.31 bits per heavy atom. The number of hydrogen-bond acceptors (Lipinski definition) is 3. The van der Waals surface area contributed by atoms with Crippen LogP contribution in [0.5, 0.6) is 0 Å². The molecule has 0 fully saturated rings. The minimum absolute atomic E-state index is 0.483. The number of aromatic nitrogens is 4. The molecule has 9 heteroatoms. The first-order valence-corrected chi connectivity index (χ1v) is 9.51. The molecule has 1 aromatic carbocycles. The molecule has 2 N–H and O–H groups in total. The number of rotatable bonds is 5. The number of nitrogens with one attached hydrogen (secondary N) is 2. The van der Waals surface area contributed by atoms with Crippen molar-refractivity contribution in [2.45, 2.75) is 20.0 Å². The lowest BCUT2D eigenvalue weighted by Gasteiger charge is -2.08. The Kier molecular flexibility index (Phi) is 5.95. The van der Waals surface area contributed by atoms with E-state index < -0.39 is 0 Å². The fourth-order valence-corrected chi connectivity index (χ4v) is 3.19. The molecule has 3 rings (SSSR count). The fourth-order valence-electron chi connectivity index (χ4n) is 2.41. The predicted octanol–water partition coefficient (Wildman–Crippen LogP) is 3.88. The Balaban J connectivity index is 1.60. The van der Waals surface area contributed by atoms with Crippen molar-refractivity contribution in [2.24, 2.45) is 7.05 Å². The lowest BCUT2D eigenvalue weighted by Crippen LogP contribution is -2.28. The molecule has 2 aromatic heterocycles. The van der Waals surface area contributed by atoms with Crippen LogP contribution in [0, 0.1) is 6.92 Å². The van der Waals surface area contributed by atoms with E-state index in [1.807, 2.05) is 55.2 Å². The van der Waals surface area contributed by atoms with Gasteiger partial charge in [0, 0.05) is 24.0 Å². The molecular formula is C17H18BrClN6S. The molecule has 0 aliphatic heterocycles. The zero-order valence-electron chi connectivity index (χ0n) is 14.3. The maximum atomic E-state index is 6.21. The van der Waals surface area contributed by atoms with Crippen molar-refractivity contribution in [3.8, 4) is 0 Å². The van der Waals surface area contributed by atoms with Gasteiger partial charge in [-0.1, -0.05) is 29.8 Å². The van der Waals surface area contributed by atoms with Crippen LogP contribution in [0.1, 0.15) is 17.0 Å². The Hall–Kier alpha value is -1.90. The minimum atomic E-state index is 0.483. The van der Waals surface area contributed by atoms with Crippen molar-refractivity contribution >= 4 is 50.7 Å². The third-order valence-corrected chi connectivity index (χ3v) is 5.03. The van der Waals surface area contributed by atoms with Crippen LogP contribution in [0.4, 0.5) is 5.82 Å². The molecule has 0 unspecified atom stereocenters.